The van der Waals surface area contributed by atoms with Crippen LogP contribution in [-0.4, -0.2) is 31.4 Å². The van der Waals surface area contributed by atoms with Gasteiger partial charge in [0.2, 0.25) is 0 Å². The van der Waals surface area contributed by atoms with Crippen LogP contribution in [0.25, 0.3) is 0 Å². The summed E-state index contributed by atoms with van der Waals surface area (Å²) < 4.78 is 6.42. The van der Waals surface area contributed by atoms with Gasteiger partial charge in [-0.15, -0.1) is 0 Å². The fourth-order valence-electron chi connectivity index (χ4n) is 2.09. The van der Waals surface area contributed by atoms with Gasteiger partial charge >= 0.3 is 0 Å². The predicted octanol–water partition coefficient (Wildman–Crippen LogP) is 2.73. The number of hydrogen-bond acceptors (Lipinski definition) is 3. The number of halogens is 1. The first-order chi connectivity index (χ1) is 8.09. The number of rotatable bonds is 3. The average Bonchev–Trinajstić information content (AvgIpc) is 2.81. The maximum atomic E-state index is 9.53. The quantitative estimate of drug-likeness (QED) is 0.931. The summed E-state index contributed by atoms with van der Waals surface area (Å²) in [4.78, 5) is 2.24. The van der Waals surface area contributed by atoms with Crippen LogP contribution in [0.4, 0.5) is 5.69 Å². The first kappa shape index (κ1) is 12.9. The highest BCUT2D eigenvalue weighted by atomic mass is 79.9. The van der Waals surface area contributed by atoms with Gasteiger partial charge in [0, 0.05) is 18.1 Å². The molecule has 2 atom stereocenters. The van der Waals surface area contributed by atoms with Crippen molar-refractivity contribution in [1.82, 2.24) is 0 Å². The first-order valence-corrected chi connectivity index (χ1v) is 6.67. The molecule has 0 amide bonds. The highest BCUT2D eigenvalue weighted by Crippen LogP contribution is 2.31. The molecule has 1 N–H and O–H groups in total. The Labute approximate surface area is 111 Å². The van der Waals surface area contributed by atoms with E-state index >= 15 is 0 Å². The van der Waals surface area contributed by atoms with E-state index in [1.165, 1.54) is 0 Å². The zero-order valence-corrected chi connectivity index (χ0v) is 11.8. The van der Waals surface area contributed by atoms with E-state index in [1.54, 1.807) is 6.92 Å². The van der Waals surface area contributed by atoms with Gasteiger partial charge in [-0.2, -0.15) is 0 Å². The summed E-state index contributed by atoms with van der Waals surface area (Å²) in [6, 6.07) is 6.44. The largest absolute Gasteiger partial charge is 0.389 e. The topological polar surface area (TPSA) is 32.7 Å². The molecule has 2 rings (SSSR count). The third-order valence-corrected chi connectivity index (χ3v) is 3.92. The van der Waals surface area contributed by atoms with Crippen molar-refractivity contribution in [2.75, 3.05) is 25.2 Å². The Morgan fingerprint density at radius 3 is 2.82 bits per heavy atom. The standard InChI is InChI=1S/C13H18BrNO2/c1-9(16)10-3-4-13(12(14)7-10)15(2)11-5-6-17-8-11/h3-4,7,9,11,16H,5-6,8H2,1-2H3/t9-,11?/m1/s1. The zero-order valence-electron chi connectivity index (χ0n) is 10.2. The monoisotopic (exact) mass is 299 g/mol. The van der Waals surface area contributed by atoms with Crippen molar-refractivity contribution in [3.63, 3.8) is 0 Å². The second-order valence-corrected chi connectivity index (χ2v) is 5.37. The van der Waals surface area contributed by atoms with Gasteiger partial charge in [-0.05, 0) is 47.0 Å². The van der Waals surface area contributed by atoms with Crippen molar-refractivity contribution < 1.29 is 9.84 Å². The molecule has 1 saturated heterocycles. The van der Waals surface area contributed by atoms with E-state index in [0.29, 0.717) is 6.04 Å². The summed E-state index contributed by atoms with van der Waals surface area (Å²) in [6.45, 7) is 3.41. The Bertz CT molecular complexity index is 389. The molecule has 1 aromatic rings. The minimum absolute atomic E-state index is 0.430. The van der Waals surface area contributed by atoms with Crippen LogP contribution in [0, 0.1) is 0 Å². The minimum atomic E-state index is -0.430. The van der Waals surface area contributed by atoms with E-state index < -0.39 is 6.10 Å². The number of hydrogen-bond donors (Lipinski definition) is 1. The van der Waals surface area contributed by atoms with E-state index in [-0.39, 0.29) is 0 Å². The van der Waals surface area contributed by atoms with Gasteiger partial charge in [0.1, 0.15) is 0 Å². The number of anilines is 1. The molecule has 0 radical (unpaired) electrons. The average molecular weight is 300 g/mol. The molecule has 1 aliphatic heterocycles. The molecule has 1 fully saturated rings. The van der Waals surface area contributed by atoms with Crippen LogP contribution in [0.1, 0.15) is 25.0 Å². The lowest BCUT2D eigenvalue weighted by atomic mass is 10.1. The third kappa shape index (κ3) is 2.81. The van der Waals surface area contributed by atoms with E-state index in [9.17, 15) is 5.11 Å². The third-order valence-electron chi connectivity index (χ3n) is 3.29. The van der Waals surface area contributed by atoms with Crippen molar-refractivity contribution >= 4 is 21.6 Å². The van der Waals surface area contributed by atoms with Crippen LogP contribution >= 0.6 is 15.9 Å². The molecule has 0 aromatic heterocycles. The minimum Gasteiger partial charge on any atom is -0.389 e. The molecular weight excluding hydrogens is 282 g/mol. The van der Waals surface area contributed by atoms with E-state index in [2.05, 4.69) is 27.9 Å². The lowest BCUT2D eigenvalue weighted by molar-refractivity contribution is 0.193. The lowest BCUT2D eigenvalue weighted by Crippen LogP contribution is -2.32. The molecule has 1 aliphatic rings. The number of nitrogens with zero attached hydrogens (tertiary/aromatic N) is 1. The van der Waals surface area contributed by atoms with Gasteiger partial charge in [-0.1, -0.05) is 6.07 Å². The molecule has 0 saturated carbocycles. The normalized spacial score (nSPS) is 21.5. The smallest absolute Gasteiger partial charge is 0.0762 e. The fourth-order valence-corrected chi connectivity index (χ4v) is 2.77. The molecule has 3 nitrogen and oxygen atoms in total. The van der Waals surface area contributed by atoms with Crippen molar-refractivity contribution in [1.29, 1.82) is 0 Å². The van der Waals surface area contributed by atoms with Gasteiger partial charge in [0.15, 0.2) is 0 Å². The van der Waals surface area contributed by atoms with Crippen LogP contribution in [0.2, 0.25) is 0 Å². The predicted molar refractivity (Wildman–Crippen MR) is 72.4 cm³/mol. The summed E-state index contributed by atoms with van der Waals surface area (Å²) in [7, 11) is 2.08. The second-order valence-electron chi connectivity index (χ2n) is 4.52. The van der Waals surface area contributed by atoms with Gasteiger partial charge in [-0.25, -0.2) is 0 Å². The summed E-state index contributed by atoms with van der Waals surface area (Å²) in [5, 5.41) is 9.53. The van der Waals surface area contributed by atoms with Crippen molar-refractivity contribution in [2.45, 2.75) is 25.5 Å². The summed E-state index contributed by atoms with van der Waals surface area (Å²) in [5.74, 6) is 0. The Morgan fingerprint density at radius 1 is 1.53 bits per heavy atom. The van der Waals surface area contributed by atoms with Gasteiger partial charge < -0.3 is 14.7 Å². The zero-order chi connectivity index (χ0) is 12.4. The summed E-state index contributed by atoms with van der Waals surface area (Å²) in [6.07, 6.45) is 0.640. The molecule has 17 heavy (non-hydrogen) atoms. The SMILES string of the molecule is C[C@@H](O)c1ccc(N(C)C2CCOC2)c(Br)c1. The number of likely N-dealkylation sites (N-methyl/N-ethyl adjacent to an activating group) is 1. The molecule has 0 spiro atoms. The van der Waals surface area contributed by atoms with E-state index in [0.717, 1.165) is 35.4 Å². The molecule has 1 aromatic carbocycles. The summed E-state index contributed by atoms with van der Waals surface area (Å²) in [5.41, 5.74) is 2.07. The Balaban J connectivity index is 2.20. The Hall–Kier alpha value is -0.580. The van der Waals surface area contributed by atoms with Crippen LogP contribution in [0.5, 0.6) is 0 Å². The molecular formula is C13H18BrNO2. The maximum Gasteiger partial charge on any atom is 0.0762 e. The lowest BCUT2D eigenvalue weighted by Gasteiger charge is -2.27. The highest BCUT2D eigenvalue weighted by molar-refractivity contribution is 9.10. The van der Waals surface area contributed by atoms with Crippen LogP contribution in [-0.2, 0) is 4.74 Å². The molecule has 94 valence electrons. The molecule has 1 heterocycles. The fraction of sp³-hybridized carbons (Fsp3) is 0.538. The molecule has 1 unspecified atom stereocenters. The Morgan fingerprint density at radius 2 is 2.29 bits per heavy atom. The van der Waals surface area contributed by atoms with Crippen molar-refractivity contribution in [2.24, 2.45) is 0 Å². The molecule has 0 aliphatic carbocycles. The first-order valence-electron chi connectivity index (χ1n) is 5.87. The second kappa shape index (κ2) is 5.38. The Kier molecular flexibility index (Phi) is 4.07. The van der Waals surface area contributed by atoms with Crippen molar-refractivity contribution in [3.05, 3.63) is 28.2 Å². The number of ether oxygens (including phenoxy) is 1. The molecule has 4 heteroatoms. The summed E-state index contributed by atoms with van der Waals surface area (Å²) >= 11 is 3.57. The number of aliphatic hydroxyl groups is 1. The van der Waals surface area contributed by atoms with Gasteiger partial charge in [0.25, 0.3) is 0 Å². The van der Waals surface area contributed by atoms with Crippen LogP contribution in [0.3, 0.4) is 0 Å². The maximum absolute atomic E-state index is 9.53. The van der Waals surface area contributed by atoms with Gasteiger partial charge in [-0.3, -0.25) is 0 Å². The van der Waals surface area contributed by atoms with Crippen LogP contribution < -0.4 is 4.90 Å². The van der Waals surface area contributed by atoms with Crippen molar-refractivity contribution in [3.8, 4) is 0 Å². The molecule has 0 bridgehead atoms. The van der Waals surface area contributed by atoms with E-state index in [4.69, 9.17) is 4.74 Å². The number of benzene rings is 1. The van der Waals surface area contributed by atoms with Crippen LogP contribution in [0.15, 0.2) is 22.7 Å². The number of aliphatic hydroxyl groups excluding tert-OH is 1. The van der Waals surface area contributed by atoms with E-state index in [1.807, 2.05) is 18.2 Å². The van der Waals surface area contributed by atoms with Gasteiger partial charge in [0.05, 0.1) is 24.4 Å². The highest BCUT2D eigenvalue weighted by Gasteiger charge is 2.22.